The second-order valence-corrected chi connectivity index (χ2v) is 4.89. The summed E-state index contributed by atoms with van der Waals surface area (Å²) in [6.07, 6.45) is 1.11. The Hall–Kier alpha value is -0.980. The zero-order valence-electron chi connectivity index (χ0n) is 9.17. The van der Waals surface area contributed by atoms with Crippen molar-refractivity contribution in [2.24, 2.45) is 0 Å². The molecule has 1 rings (SSSR count). The predicted molar refractivity (Wildman–Crippen MR) is 69.1 cm³/mol. The van der Waals surface area contributed by atoms with Gasteiger partial charge in [-0.1, -0.05) is 12.1 Å². The normalized spacial score (nSPS) is 10.6. The number of nitrogens with zero attached hydrogens (tertiary/aromatic N) is 1. The molecule has 0 amide bonds. The minimum Gasteiger partial charge on any atom is -0.397 e. The quantitative estimate of drug-likeness (QED) is 0.629. The number of nitrogen functional groups attached to an aromatic ring is 1. The molecule has 0 aliphatic heterocycles. The van der Waals surface area contributed by atoms with Crippen molar-refractivity contribution in [1.82, 2.24) is 4.83 Å². The highest BCUT2D eigenvalue weighted by Crippen LogP contribution is 2.20. The molecule has 0 fully saturated rings. The van der Waals surface area contributed by atoms with E-state index in [-0.39, 0.29) is 12.4 Å². The van der Waals surface area contributed by atoms with E-state index < -0.39 is 10.0 Å². The van der Waals surface area contributed by atoms with Gasteiger partial charge in [0.15, 0.2) is 0 Å². The lowest BCUT2D eigenvalue weighted by molar-refractivity contribution is 0.583. The maximum atomic E-state index is 11.1. The number of hydrogen-bond donors (Lipinski definition) is 2. The molecule has 0 saturated carbocycles. The molecule has 0 heterocycles. The van der Waals surface area contributed by atoms with E-state index in [2.05, 4.69) is 4.83 Å². The monoisotopic (exact) mass is 265 g/mol. The number of hydrogen-bond acceptors (Lipinski definition) is 4. The van der Waals surface area contributed by atoms with Crippen LogP contribution in [0.4, 0.5) is 11.4 Å². The zero-order valence-corrected chi connectivity index (χ0v) is 10.8. The SMILES string of the molecule is CCN(NS(C)(=O)=O)c1ccccc1N.Cl. The molecule has 0 aliphatic rings. The van der Waals surface area contributed by atoms with Crippen LogP contribution in [0.5, 0.6) is 0 Å². The molecule has 5 nitrogen and oxygen atoms in total. The Balaban J connectivity index is 0.00000225. The Morgan fingerprint density at radius 1 is 1.38 bits per heavy atom. The van der Waals surface area contributed by atoms with Crippen LogP contribution in [-0.2, 0) is 10.0 Å². The highest BCUT2D eigenvalue weighted by molar-refractivity contribution is 7.88. The van der Waals surface area contributed by atoms with Gasteiger partial charge in [-0.2, -0.15) is 0 Å². The number of anilines is 2. The first kappa shape index (κ1) is 15.0. The van der Waals surface area contributed by atoms with Gasteiger partial charge in [0, 0.05) is 6.54 Å². The van der Waals surface area contributed by atoms with E-state index in [0.29, 0.717) is 17.9 Å². The summed E-state index contributed by atoms with van der Waals surface area (Å²) in [7, 11) is -3.28. The third-order valence-corrected chi connectivity index (χ3v) is 2.37. The average Bonchev–Trinajstić information content (AvgIpc) is 2.14. The summed E-state index contributed by atoms with van der Waals surface area (Å²) in [5.74, 6) is 0. The smallest absolute Gasteiger partial charge is 0.225 e. The number of nitrogens with two attached hydrogens (primary N) is 1. The predicted octanol–water partition coefficient (Wildman–Crippen LogP) is 0.981. The maximum absolute atomic E-state index is 11.1. The molecular weight excluding hydrogens is 250 g/mol. The van der Waals surface area contributed by atoms with Gasteiger partial charge in [-0.3, -0.25) is 5.01 Å². The molecule has 0 spiro atoms. The third kappa shape index (κ3) is 4.26. The van der Waals surface area contributed by atoms with Crippen molar-refractivity contribution in [3.05, 3.63) is 24.3 Å². The lowest BCUT2D eigenvalue weighted by atomic mass is 10.2. The summed E-state index contributed by atoms with van der Waals surface area (Å²) in [5.41, 5.74) is 6.93. The molecule has 16 heavy (non-hydrogen) atoms. The molecule has 92 valence electrons. The fraction of sp³-hybridized carbons (Fsp3) is 0.333. The Morgan fingerprint density at radius 3 is 2.38 bits per heavy atom. The molecular formula is C9H16ClN3O2S. The van der Waals surface area contributed by atoms with E-state index in [1.54, 1.807) is 24.3 Å². The first-order valence-electron chi connectivity index (χ1n) is 4.53. The van der Waals surface area contributed by atoms with Gasteiger partial charge in [0.2, 0.25) is 10.0 Å². The van der Waals surface area contributed by atoms with Crippen molar-refractivity contribution in [3.63, 3.8) is 0 Å². The lowest BCUT2D eigenvalue weighted by Crippen LogP contribution is -2.41. The Bertz CT molecular complexity index is 436. The van der Waals surface area contributed by atoms with Crippen LogP contribution in [0.2, 0.25) is 0 Å². The minimum atomic E-state index is -3.28. The van der Waals surface area contributed by atoms with Crippen LogP contribution in [0.15, 0.2) is 24.3 Å². The Labute approximate surface area is 102 Å². The summed E-state index contributed by atoms with van der Waals surface area (Å²) in [6, 6.07) is 7.09. The van der Waals surface area contributed by atoms with E-state index in [4.69, 9.17) is 5.73 Å². The molecule has 1 aromatic carbocycles. The number of para-hydroxylation sites is 2. The molecule has 0 aromatic heterocycles. The first-order valence-corrected chi connectivity index (χ1v) is 6.42. The van der Waals surface area contributed by atoms with E-state index in [0.717, 1.165) is 6.26 Å². The van der Waals surface area contributed by atoms with Gasteiger partial charge in [-0.15, -0.1) is 17.2 Å². The number of sulfonamides is 1. The topological polar surface area (TPSA) is 75.4 Å². The van der Waals surface area contributed by atoms with E-state index >= 15 is 0 Å². The van der Waals surface area contributed by atoms with Crippen LogP contribution >= 0.6 is 12.4 Å². The summed E-state index contributed by atoms with van der Waals surface area (Å²) >= 11 is 0. The second-order valence-electron chi connectivity index (χ2n) is 3.17. The molecule has 0 unspecified atom stereocenters. The average molecular weight is 266 g/mol. The van der Waals surface area contributed by atoms with Crippen molar-refractivity contribution >= 4 is 33.8 Å². The van der Waals surface area contributed by atoms with E-state index in [1.165, 1.54) is 5.01 Å². The molecule has 3 N–H and O–H groups in total. The van der Waals surface area contributed by atoms with Crippen LogP contribution in [0.3, 0.4) is 0 Å². The van der Waals surface area contributed by atoms with Crippen LogP contribution in [0, 0.1) is 0 Å². The van der Waals surface area contributed by atoms with E-state index in [1.807, 2.05) is 6.92 Å². The second kappa shape index (κ2) is 5.93. The Kier molecular flexibility index (Phi) is 5.57. The van der Waals surface area contributed by atoms with Crippen molar-refractivity contribution in [2.45, 2.75) is 6.92 Å². The molecule has 1 aromatic rings. The van der Waals surface area contributed by atoms with Crippen molar-refractivity contribution in [2.75, 3.05) is 23.5 Å². The van der Waals surface area contributed by atoms with Crippen LogP contribution in [0.1, 0.15) is 6.92 Å². The van der Waals surface area contributed by atoms with Crippen molar-refractivity contribution < 1.29 is 8.42 Å². The van der Waals surface area contributed by atoms with Crippen molar-refractivity contribution in [1.29, 1.82) is 0 Å². The Morgan fingerprint density at radius 2 is 1.94 bits per heavy atom. The van der Waals surface area contributed by atoms with E-state index in [9.17, 15) is 8.42 Å². The third-order valence-electron chi connectivity index (χ3n) is 1.82. The lowest BCUT2D eigenvalue weighted by Gasteiger charge is -2.23. The first-order chi connectivity index (χ1) is 6.94. The summed E-state index contributed by atoms with van der Waals surface area (Å²) in [4.78, 5) is 2.39. The highest BCUT2D eigenvalue weighted by atomic mass is 35.5. The molecule has 0 saturated heterocycles. The van der Waals surface area contributed by atoms with Gasteiger partial charge in [0.25, 0.3) is 0 Å². The maximum Gasteiger partial charge on any atom is 0.225 e. The molecule has 0 radical (unpaired) electrons. The number of nitrogens with one attached hydrogen (secondary N) is 1. The number of hydrazine groups is 1. The van der Waals surface area contributed by atoms with Crippen LogP contribution in [-0.4, -0.2) is 21.2 Å². The summed E-state index contributed by atoms with van der Waals surface area (Å²) in [6.45, 7) is 2.34. The fourth-order valence-electron chi connectivity index (χ4n) is 1.22. The molecule has 0 atom stereocenters. The summed E-state index contributed by atoms with van der Waals surface area (Å²) < 4.78 is 22.2. The number of halogens is 1. The van der Waals surface area contributed by atoms with Gasteiger partial charge in [-0.25, -0.2) is 8.42 Å². The highest BCUT2D eigenvalue weighted by Gasteiger charge is 2.11. The molecule has 0 bridgehead atoms. The summed E-state index contributed by atoms with van der Waals surface area (Å²) in [5, 5.41) is 1.49. The zero-order chi connectivity index (χ0) is 11.5. The van der Waals surface area contributed by atoms with Crippen molar-refractivity contribution in [3.8, 4) is 0 Å². The largest absolute Gasteiger partial charge is 0.397 e. The van der Waals surface area contributed by atoms with Crippen LogP contribution < -0.4 is 15.6 Å². The minimum absolute atomic E-state index is 0. The van der Waals surface area contributed by atoms with Crippen LogP contribution in [0.25, 0.3) is 0 Å². The fourth-order valence-corrected chi connectivity index (χ4v) is 1.85. The van der Waals surface area contributed by atoms with Gasteiger partial charge in [-0.05, 0) is 19.1 Å². The number of benzene rings is 1. The standard InChI is InChI=1S/C9H15N3O2S.ClH/c1-3-12(11-15(2,13)14)9-7-5-4-6-8(9)10;/h4-7,11H,3,10H2,1-2H3;1H. The van der Waals surface area contributed by atoms with Gasteiger partial charge in [0.05, 0.1) is 17.6 Å². The molecule has 7 heteroatoms. The van der Waals surface area contributed by atoms with Gasteiger partial charge >= 0.3 is 0 Å². The molecule has 0 aliphatic carbocycles. The van der Waals surface area contributed by atoms with Gasteiger partial charge in [0.1, 0.15) is 0 Å². The number of rotatable bonds is 4. The van der Waals surface area contributed by atoms with Gasteiger partial charge < -0.3 is 5.73 Å².